The average molecular weight is 425 g/mol. The molecule has 160 valence electrons. The van der Waals surface area contributed by atoms with Crippen molar-refractivity contribution in [1.82, 2.24) is 9.62 Å². The fourth-order valence-electron chi connectivity index (χ4n) is 2.84. The number of nitrogens with one attached hydrogen (secondary N) is 1. The Hall–Kier alpha value is -2.46. The first-order valence-electron chi connectivity index (χ1n) is 8.90. The third-order valence-corrected chi connectivity index (χ3v) is 5.98. The van der Waals surface area contributed by atoms with Crippen LogP contribution in [0, 0.1) is 13.8 Å². The highest BCUT2D eigenvalue weighted by Crippen LogP contribution is 2.33. The summed E-state index contributed by atoms with van der Waals surface area (Å²) in [5, 5.41) is 19.9. The number of hydrogen-bond donors (Lipinski definition) is 3. The van der Waals surface area contributed by atoms with E-state index in [1.54, 1.807) is 24.3 Å². The van der Waals surface area contributed by atoms with Gasteiger partial charge in [-0.3, -0.25) is 0 Å². The Bertz CT molecular complexity index is 876. The zero-order valence-electron chi connectivity index (χ0n) is 16.9. The van der Waals surface area contributed by atoms with Gasteiger partial charge in [-0.1, -0.05) is 6.07 Å². The number of rotatable bonds is 4. The number of sulfonamides is 1. The lowest BCUT2D eigenvalue weighted by atomic mass is 10.2. The van der Waals surface area contributed by atoms with Crippen LogP contribution in [0.5, 0.6) is 17.2 Å². The quantitative estimate of drug-likeness (QED) is 0.685. The van der Waals surface area contributed by atoms with Crippen LogP contribution in [-0.2, 0) is 14.8 Å². The van der Waals surface area contributed by atoms with Crippen molar-refractivity contribution in [2.75, 3.05) is 33.3 Å². The second kappa shape index (κ2) is 11.5. The van der Waals surface area contributed by atoms with Crippen molar-refractivity contribution in [2.45, 2.75) is 18.7 Å². The molecule has 0 spiro atoms. The van der Waals surface area contributed by atoms with E-state index in [0.717, 1.165) is 18.2 Å². The molecule has 29 heavy (non-hydrogen) atoms. The number of carbonyl (C=O) groups excluding carboxylic acids is 1. The maximum absolute atomic E-state index is 13.1. The number of aromatic hydroxyl groups is 1. The molecule has 9 heteroatoms. The summed E-state index contributed by atoms with van der Waals surface area (Å²) < 4.78 is 33.4. The van der Waals surface area contributed by atoms with Gasteiger partial charge in [-0.2, -0.15) is 4.31 Å². The molecule has 0 aromatic heterocycles. The Balaban J connectivity index is 0.000000989. The maximum Gasteiger partial charge on any atom is 0.246 e. The van der Waals surface area contributed by atoms with Gasteiger partial charge in [-0.25, -0.2) is 8.42 Å². The summed E-state index contributed by atoms with van der Waals surface area (Å²) in [6.07, 6.45) is 0. The molecule has 0 unspecified atom stereocenters. The molecule has 0 saturated carbocycles. The molecule has 1 aliphatic rings. The summed E-state index contributed by atoms with van der Waals surface area (Å²) >= 11 is 0. The first-order valence-corrected chi connectivity index (χ1v) is 10.3. The van der Waals surface area contributed by atoms with Gasteiger partial charge in [0.25, 0.3) is 0 Å². The molecule has 8 nitrogen and oxygen atoms in total. The summed E-state index contributed by atoms with van der Waals surface area (Å²) in [4.78, 5) is 8.15. The minimum absolute atomic E-state index is 0.0774. The van der Waals surface area contributed by atoms with Crippen LogP contribution >= 0.6 is 0 Å². The zero-order chi connectivity index (χ0) is 22.0. The Morgan fingerprint density at radius 3 is 2.21 bits per heavy atom. The predicted molar refractivity (Wildman–Crippen MR) is 111 cm³/mol. The highest BCUT2D eigenvalue weighted by atomic mass is 32.2. The summed E-state index contributed by atoms with van der Waals surface area (Å²) in [7, 11) is -2.65. The van der Waals surface area contributed by atoms with Crippen molar-refractivity contribution in [3.63, 3.8) is 0 Å². The molecular formula is C20H28N2O6S. The molecule has 0 aliphatic carbocycles. The van der Waals surface area contributed by atoms with Crippen LogP contribution < -0.4 is 10.1 Å². The molecule has 3 N–H and O–H groups in total. The van der Waals surface area contributed by atoms with Crippen LogP contribution in [0.15, 0.2) is 41.3 Å². The molecule has 1 heterocycles. The van der Waals surface area contributed by atoms with Gasteiger partial charge in [-0.15, -0.1) is 0 Å². The fourth-order valence-corrected chi connectivity index (χ4v) is 4.48. The van der Waals surface area contributed by atoms with Crippen LogP contribution in [0.3, 0.4) is 0 Å². The smallest absolute Gasteiger partial charge is 0.246 e. The van der Waals surface area contributed by atoms with E-state index in [4.69, 9.17) is 14.6 Å². The van der Waals surface area contributed by atoms with E-state index in [1.807, 2.05) is 26.7 Å². The first-order chi connectivity index (χ1) is 13.9. The molecule has 0 radical (unpaired) electrons. The van der Waals surface area contributed by atoms with Crippen LogP contribution in [0.1, 0.15) is 11.1 Å². The van der Waals surface area contributed by atoms with Gasteiger partial charge in [0.15, 0.2) is 0 Å². The van der Waals surface area contributed by atoms with Gasteiger partial charge in [0.1, 0.15) is 28.9 Å². The van der Waals surface area contributed by atoms with Gasteiger partial charge < -0.3 is 25.1 Å². The largest absolute Gasteiger partial charge is 0.508 e. The Morgan fingerprint density at radius 1 is 1.00 bits per heavy atom. The van der Waals surface area contributed by atoms with E-state index in [9.17, 15) is 13.5 Å². The number of carbonyl (C=O) groups is 1. The molecule has 1 saturated heterocycles. The lowest BCUT2D eigenvalue weighted by Gasteiger charge is -2.27. The number of nitrogens with zero attached hydrogens (tertiary/aromatic N) is 1. The number of aliphatic hydroxyl groups is 1. The predicted octanol–water partition coefficient (Wildman–Crippen LogP) is 1.82. The van der Waals surface area contributed by atoms with E-state index >= 15 is 0 Å². The van der Waals surface area contributed by atoms with Crippen LogP contribution in [0.25, 0.3) is 0 Å². The summed E-state index contributed by atoms with van der Waals surface area (Å²) in [5.74, 6) is 0.737. The minimum Gasteiger partial charge on any atom is -0.508 e. The number of hydrogen-bond acceptors (Lipinski definition) is 7. The number of aliphatic hydroxyl groups excluding tert-OH is 1. The van der Waals surface area contributed by atoms with Crippen LogP contribution in [0.2, 0.25) is 0 Å². The highest BCUT2D eigenvalue weighted by molar-refractivity contribution is 7.89. The second-order valence-corrected chi connectivity index (χ2v) is 8.12. The van der Waals surface area contributed by atoms with Crippen molar-refractivity contribution in [3.05, 3.63) is 47.5 Å². The number of aryl methyl sites for hydroxylation is 2. The average Bonchev–Trinajstić information content (AvgIpc) is 2.72. The Labute approximate surface area is 171 Å². The van der Waals surface area contributed by atoms with Crippen LogP contribution in [-0.4, -0.2) is 63.0 Å². The van der Waals surface area contributed by atoms with Crippen molar-refractivity contribution in [1.29, 1.82) is 0 Å². The zero-order valence-corrected chi connectivity index (χ0v) is 17.7. The number of ether oxygens (including phenoxy) is 1. The van der Waals surface area contributed by atoms with E-state index in [2.05, 4.69) is 5.32 Å². The number of piperazine rings is 1. The van der Waals surface area contributed by atoms with Gasteiger partial charge >= 0.3 is 0 Å². The van der Waals surface area contributed by atoms with E-state index < -0.39 is 10.0 Å². The number of phenolic OH excluding ortho intramolecular Hbond substituents is 1. The molecule has 0 atom stereocenters. The number of benzene rings is 2. The molecule has 1 aliphatic heterocycles. The summed E-state index contributed by atoms with van der Waals surface area (Å²) in [6.45, 7) is 7.81. The lowest BCUT2D eigenvalue weighted by Crippen LogP contribution is -2.46. The van der Waals surface area contributed by atoms with Crippen molar-refractivity contribution in [2.24, 2.45) is 0 Å². The Morgan fingerprint density at radius 2 is 1.62 bits per heavy atom. The van der Waals surface area contributed by atoms with E-state index in [-0.39, 0.29) is 16.4 Å². The molecule has 0 amide bonds. The first kappa shape index (κ1) is 24.6. The molecule has 1 fully saturated rings. The van der Waals surface area contributed by atoms with Crippen molar-refractivity contribution in [3.8, 4) is 17.2 Å². The van der Waals surface area contributed by atoms with Gasteiger partial charge in [0.05, 0.1) is 0 Å². The monoisotopic (exact) mass is 424 g/mol. The maximum atomic E-state index is 13.1. The van der Waals surface area contributed by atoms with Crippen molar-refractivity contribution >= 4 is 16.8 Å². The normalized spacial score (nSPS) is 14.1. The topological polar surface area (TPSA) is 116 Å². The van der Waals surface area contributed by atoms with Gasteiger partial charge in [0, 0.05) is 39.4 Å². The van der Waals surface area contributed by atoms with Crippen molar-refractivity contribution < 1.29 is 28.2 Å². The van der Waals surface area contributed by atoms with E-state index in [0.29, 0.717) is 31.9 Å². The number of phenols is 1. The Kier molecular flexibility index (Phi) is 9.76. The summed E-state index contributed by atoms with van der Waals surface area (Å²) in [6, 6.07) is 9.92. The van der Waals surface area contributed by atoms with Gasteiger partial charge in [0.2, 0.25) is 10.0 Å². The molecule has 0 bridgehead atoms. The third kappa shape index (κ3) is 6.53. The third-order valence-electron chi connectivity index (χ3n) is 4.06. The highest BCUT2D eigenvalue weighted by Gasteiger charge is 2.29. The second-order valence-electron chi connectivity index (χ2n) is 6.21. The molecule has 3 rings (SSSR count). The SMILES string of the molecule is C=O.CO.Cc1cc(O)cc(Oc2ccc(C)cc2S(=O)(=O)N2CCNCC2)c1. The minimum atomic E-state index is -3.65. The van der Waals surface area contributed by atoms with E-state index in [1.165, 1.54) is 10.4 Å². The molecule has 2 aromatic carbocycles. The molecular weight excluding hydrogens is 396 g/mol. The lowest BCUT2D eigenvalue weighted by molar-refractivity contribution is -0.0980. The summed E-state index contributed by atoms with van der Waals surface area (Å²) in [5.41, 5.74) is 1.67. The van der Waals surface area contributed by atoms with Gasteiger partial charge in [-0.05, 0) is 49.2 Å². The standard InChI is InChI=1S/C18H22N2O4S.CH4O.CH2O/c1-13-3-4-17(24-16-10-14(2)9-15(21)12-16)18(11-13)25(22,23)20-7-5-19-6-8-20;2*1-2/h3-4,9-12,19,21H,5-8H2,1-2H3;2H,1H3;1H2. The molecule has 2 aromatic rings. The fraction of sp³-hybridized carbons (Fsp3) is 0.350. The van der Waals surface area contributed by atoms with Crippen LogP contribution in [0.4, 0.5) is 0 Å².